The van der Waals surface area contributed by atoms with Gasteiger partial charge in [0.1, 0.15) is 0 Å². The quantitative estimate of drug-likeness (QED) is 0.179. The van der Waals surface area contributed by atoms with Crippen molar-refractivity contribution in [1.29, 1.82) is 0 Å². The van der Waals surface area contributed by atoms with Crippen LogP contribution in [0.4, 0.5) is 0 Å². The van der Waals surface area contributed by atoms with Crippen LogP contribution in [0.1, 0.15) is 52.7 Å². The summed E-state index contributed by atoms with van der Waals surface area (Å²) in [6, 6.07) is 56.3. The number of fused-ring (bicyclic) bond motifs is 5. The van der Waals surface area contributed by atoms with Gasteiger partial charge in [-0.05, 0) is 109 Å². The van der Waals surface area contributed by atoms with Crippen LogP contribution in [0.15, 0.2) is 152 Å². The molecule has 1 heteroatoms. The van der Waals surface area contributed by atoms with Crippen LogP contribution in [0, 0.1) is 5.41 Å². The monoisotopic (exact) mass is 645 g/mol. The number of hydrogen-bond donors (Lipinski definition) is 0. The molecule has 50 heavy (non-hydrogen) atoms. The highest BCUT2D eigenvalue weighted by molar-refractivity contribution is 6.12. The number of aromatic nitrogens is 1. The fraction of sp³-hybridized carbons (Fsp3) is 0.184. The summed E-state index contributed by atoms with van der Waals surface area (Å²) < 4.78 is 2.46. The van der Waals surface area contributed by atoms with Gasteiger partial charge in [-0.1, -0.05) is 151 Å². The van der Waals surface area contributed by atoms with Crippen molar-refractivity contribution in [3.63, 3.8) is 0 Å². The van der Waals surface area contributed by atoms with E-state index in [0.29, 0.717) is 0 Å². The molecule has 244 valence electrons. The van der Waals surface area contributed by atoms with Gasteiger partial charge in [0, 0.05) is 16.2 Å². The van der Waals surface area contributed by atoms with Gasteiger partial charge < -0.3 is 4.57 Å². The second-order valence-electron chi connectivity index (χ2n) is 15.8. The summed E-state index contributed by atoms with van der Waals surface area (Å²) in [5.41, 5.74) is 14.2. The van der Waals surface area contributed by atoms with Gasteiger partial charge in [-0.15, -0.1) is 0 Å². The van der Waals surface area contributed by atoms with Gasteiger partial charge in [0.2, 0.25) is 0 Å². The number of rotatable bonds is 4. The Morgan fingerprint density at radius 2 is 0.920 bits per heavy atom. The molecule has 0 amide bonds. The molecule has 0 saturated carbocycles. The molecule has 0 fully saturated rings. The Labute approximate surface area is 295 Å². The summed E-state index contributed by atoms with van der Waals surface area (Å²) in [5.74, 6) is 0. The average molecular weight is 646 g/mol. The Bertz CT molecular complexity index is 2610. The molecule has 1 aliphatic rings. The first-order chi connectivity index (χ1) is 24.1. The maximum Gasteiger partial charge on any atom is 0.0541 e. The molecule has 0 saturated heterocycles. The SMILES string of the molecule is CC1(C)c2cc(-c3cccc(-c4ccccc4)c3)c(-c3ccc4c(c3)c3ccccc3n4-c3cccc4ccccc34)cc2C(C)(C)C1(C)C. The van der Waals surface area contributed by atoms with Crippen molar-refractivity contribution in [3.05, 3.63) is 163 Å². The van der Waals surface area contributed by atoms with E-state index < -0.39 is 0 Å². The van der Waals surface area contributed by atoms with E-state index in [9.17, 15) is 0 Å². The molecule has 0 aliphatic heterocycles. The second kappa shape index (κ2) is 10.8. The van der Waals surface area contributed by atoms with Crippen molar-refractivity contribution in [2.45, 2.75) is 52.4 Å². The zero-order chi connectivity index (χ0) is 34.4. The summed E-state index contributed by atoms with van der Waals surface area (Å²) in [6.45, 7) is 14.7. The summed E-state index contributed by atoms with van der Waals surface area (Å²) in [6.07, 6.45) is 0. The van der Waals surface area contributed by atoms with E-state index in [1.165, 1.54) is 82.8 Å². The molecule has 0 atom stereocenters. The molecule has 7 aromatic carbocycles. The van der Waals surface area contributed by atoms with Crippen LogP contribution in [-0.4, -0.2) is 4.57 Å². The molecule has 1 heterocycles. The lowest BCUT2D eigenvalue weighted by molar-refractivity contribution is 0.125. The highest BCUT2D eigenvalue weighted by Gasteiger charge is 2.57. The van der Waals surface area contributed by atoms with Gasteiger partial charge in [0.05, 0.1) is 16.7 Å². The maximum atomic E-state index is 2.54. The van der Waals surface area contributed by atoms with Gasteiger partial charge in [-0.2, -0.15) is 0 Å². The number of hydrogen-bond acceptors (Lipinski definition) is 0. The fourth-order valence-electron chi connectivity index (χ4n) is 8.87. The fourth-order valence-corrected chi connectivity index (χ4v) is 8.87. The lowest BCUT2D eigenvalue weighted by atomic mass is 9.59. The predicted octanol–water partition coefficient (Wildman–Crippen LogP) is 13.5. The third-order valence-electron chi connectivity index (χ3n) is 12.9. The minimum atomic E-state index is -0.000504. The van der Waals surface area contributed by atoms with E-state index in [4.69, 9.17) is 0 Å². The first-order valence-corrected chi connectivity index (χ1v) is 17.9. The lowest BCUT2D eigenvalue weighted by Gasteiger charge is -2.44. The second-order valence-corrected chi connectivity index (χ2v) is 15.8. The molecular weight excluding hydrogens is 603 g/mol. The molecule has 1 aliphatic carbocycles. The highest BCUT2D eigenvalue weighted by atomic mass is 15.0. The van der Waals surface area contributed by atoms with Crippen molar-refractivity contribution in [3.8, 4) is 39.1 Å². The molecular formula is C49H43N. The molecule has 0 spiro atoms. The van der Waals surface area contributed by atoms with Crippen molar-refractivity contribution in [1.82, 2.24) is 4.57 Å². The minimum absolute atomic E-state index is 0.000504. The Kier molecular flexibility index (Phi) is 6.62. The number of nitrogens with zero attached hydrogens (tertiary/aromatic N) is 1. The first kappa shape index (κ1) is 30.6. The zero-order valence-electron chi connectivity index (χ0n) is 29.9. The van der Waals surface area contributed by atoms with E-state index in [1.807, 2.05) is 0 Å². The molecule has 0 N–H and O–H groups in total. The van der Waals surface area contributed by atoms with Gasteiger partial charge in [-0.3, -0.25) is 0 Å². The molecule has 9 rings (SSSR count). The van der Waals surface area contributed by atoms with Crippen molar-refractivity contribution in [2.24, 2.45) is 5.41 Å². The van der Waals surface area contributed by atoms with Crippen LogP contribution in [0.5, 0.6) is 0 Å². The van der Waals surface area contributed by atoms with Crippen LogP contribution in [-0.2, 0) is 10.8 Å². The van der Waals surface area contributed by atoms with Crippen molar-refractivity contribution in [2.75, 3.05) is 0 Å². The van der Waals surface area contributed by atoms with Crippen molar-refractivity contribution < 1.29 is 0 Å². The third kappa shape index (κ3) is 4.26. The third-order valence-corrected chi connectivity index (χ3v) is 12.9. The Hall–Kier alpha value is -5.40. The Morgan fingerprint density at radius 1 is 0.380 bits per heavy atom. The van der Waals surface area contributed by atoms with Crippen LogP contribution >= 0.6 is 0 Å². The molecule has 0 unspecified atom stereocenters. The van der Waals surface area contributed by atoms with E-state index in [-0.39, 0.29) is 16.2 Å². The number of para-hydroxylation sites is 1. The molecule has 0 radical (unpaired) electrons. The smallest absolute Gasteiger partial charge is 0.0541 e. The summed E-state index contributed by atoms with van der Waals surface area (Å²) in [7, 11) is 0. The van der Waals surface area contributed by atoms with E-state index >= 15 is 0 Å². The predicted molar refractivity (Wildman–Crippen MR) is 214 cm³/mol. The lowest BCUT2D eigenvalue weighted by Crippen LogP contribution is -2.42. The maximum absolute atomic E-state index is 2.54. The van der Waals surface area contributed by atoms with Gasteiger partial charge in [0.25, 0.3) is 0 Å². The molecule has 0 bridgehead atoms. The Morgan fingerprint density at radius 3 is 1.66 bits per heavy atom. The van der Waals surface area contributed by atoms with Crippen LogP contribution in [0.25, 0.3) is 71.6 Å². The molecule has 1 aromatic heterocycles. The van der Waals surface area contributed by atoms with E-state index in [0.717, 1.165) is 0 Å². The Balaban J connectivity index is 1.32. The molecule has 1 nitrogen and oxygen atoms in total. The zero-order valence-corrected chi connectivity index (χ0v) is 29.9. The molecule has 8 aromatic rings. The van der Waals surface area contributed by atoms with Gasteiger partial charge in [-0.25, -0.2) is 0 Å². The minimum Gasteiger partial charge on any atom is -0.309 e. The topological polar surface area (TPSA) is 4.93 Å². The summed E-state index contributed by atoms with van der Waals surface area (Å²) in [5, 5.41) is 5.05. The van der Waals surface area contributed by atoms with E-state index in [1.54, 1.807) is 0 Å². The van der Waals surface area contributed by atoms with Crippen LogP contribution in [0.2, 0.25) is 0 Å². The normalized spacial score (nSPS) is 15.9. The van der Waals surface area contributed by atoms with Gasteiger partial charge >= 0.3 is 0 Å². The highest BCUT2D eigenvalue weighted by Crippen LogP contribution is 2.62. The number of benzene rings is 7. The van der Waals surface area contributed by atoms with E-state index in [2.05, 4.69) is 198 Å². The standard InChI is InChI=1S/C49H43N/c1-47(2)42-30-39(35-21-14-20-34(28-35)32-16-8-7-9-17-32)40(31-43(42)48(3,4)49(47,5)6)36-26-27-46-41(29-36)38-23-12-13-24-45(38)50(46)44-25-15-19-33-18-10-11-22-37(33)44/h7-31H,1-6H3. The van der Waals surface area contributed by atoms with Gasteiger partial charge in [0.15, 0.2) is 0 Å². The average Bonchev–Trinajstić information content (AvgIpc) is 3.52. The van der Waals surface area contributed by atoms with Crippen molar-refractivity contribution >= 4 is 32.6 Å². The summed E-state index contributed by atoms with van der Waals surface area (Å²) in [4.78, 5) is 0. The largest absolute Gasteiger partial charge is 0.309 e. The summed E-state index contributed by atoms with van der Waals surface area (Å²) >= 11 is 0. The first-order valence-electron chi connectivity index (χ1n) is 17.9. The van der Waals surface area contributed by atoms with Crippen LogP contribution < -0.4 is 0 Å². The van der Waals surface area contributed by atoms with Crippen LogP contribution in [0.3, 0.4) is 0 Å².